The Morgan fingerprint density at radius 3 is 0.648 bits per heavy atom. The maximum Gasteiger partial charge on any atom is 0.0462 e. The number of hydrogen-bond donors (Lipinski definition) is 0. The minimum atomic E-state index is 1.12. The van der Waals surface area contributed by atoms with Crippen LogP contribution in [0.4, 0.5) is 34.1 Å². The molecule has 0 radical (unpaired) electrons. The third kappa shape index (κ3) is 8.15. The van der Waals surface area contributed by atoms with Gasteiger partial charge >= 0.3 is 0 Å². The number of rotatable bonds is 11. The molecule has 0 heterocycles. The Morgan fingerprint density at radius 2 is 0.407 bits per heavy atom. The van der Waals surface area contributed by atoms with Gasteiger partial charge in [0.25, 0.3) is 0 Å². The molecule has 0 saturated carbocycles. The highest BCUT2D eigenvalue weighted by molar-refractivity contribution is 5.80. The summed E-state index contributed by atoms with van der Waals surface area (Å²) in [5.41, 5.74) is 13.8. The quantitative estimate of drug-likeness (QED) is 0.125. The second kappa shape index (κ2) is 16.5. The highest BCUT2D eigenvalue weighted by Gasteiger charge is 2.12. The summed E-state index contributed by atoms with van der Waals surface area (Å²) in [6, 6.07) is 76.9. The zero-order valence-electron chi connectivity index (χ0n) is 30.0. The van der Waals surface area contributed by atoms with Gasteiger partial charge in [0.15, 0.2) is 0 Å². The highest BCUT2D eigenvalue weighted by atomic mass is 15.1. The first-order chi connectivity index (χ1) is 26.8. The van der Waals surface area contributed by atoms with Crippen molar-refractivity contribution in [3.05, 3.63) is 241 Å². The van der Waals surface area contributed by atoms with E-state index in [2.05, 4.69) is 252 Å². The van der Waals surface area contributed by atoms with Gasteiger partial charge in [0.1, 0.15) is 0 Å². The number of hydrogen-bond acceptors (Lipinski definition) is 2. The second-order valence-electron chi connectivity index (χ2n) is 13.1. The summed E-state index contributed by atoms with van der Waals surface area (Å²) in [7, 11) is 0. The Labute approximate surface area is 318 Å². The van der Waals surface area contributed by atoms with Crippen LogP contribution in [0, 0.1) is 0 Å². The Morgan fingerprint density at radius 1 is 0.204 bits per heavy atom. The topological polar surface area (TPSA) is 6.48 Å². The highest BCUT2D eigenvalue weighted by Crippen LogP contribution is 2.36. The Balaban J connectivity index is 0.904. The molecule has 54 heavy (non-hydrogen) atoms. The van der Waals surface area contributed by atoms with E-state index < -0.39 is 0 Å². The summed E-state index contributed by atoms with van der Waals surface area (Å²) in [5.74, 6) is 0. The first-order valence-electron chi connectivity index (χ1n) is 18.3. The van der Waals surface area contributed by atoms with Crippen molar-refractivity contribution in [3.8, 4) is 11.1 Å². The molecule has 258 valence electrons. The van der Waals surface area contributed by atoms with Gasteiger partial charge in [0.05, 0.1) is 0 Å². The van der Waals surface area contributed by atoms with Crippen molar-refractivity contribution in [3.63, 3.8) is 0 Å². The van der Waals surface area contributed by atoms with E-state index in [0.717, 1.165) is 45.3 Å². The predicted molar refractivity (Wildman–Crippen MR) is 232 cm³/mol. The molecule has 0 aliphatic heterocycles. The summed E-state index contributed by atoms with van der Waals surface area (Å²) in [6.45, 7) is 0. The van der Waals surface area contributed by atoms with E-state index in [1.54, 1.807) is 0 Å². The SMILES string of the molecule is C(=Cc1ccc(N(c2ccccc2)c2ccccc2)cc1)c1ccc(-c2ccc(/C=C/c3ccc(N(c4ccccc4)c4ccccc4)cc3)cc2)cc1. The van der Waals surface area contributed by atoms with E-state index in [-0.39, 0.29) is 0 Å². The third-order valence-electron chi connectivity index (χ3n) is 9.45. The molecule has 0 bridgehead atoms. The standard InChI is InChI=1S/C52H40N2/c1-5-13-47(14-6-1)53(48-15-7-2-8-16-48)51-37-29-43(30-38-51)23-21-41-25-33-45(34-26-41)46-35-27-42(28-36-46)22-24-44-31-39-52(40-32-44)54(49-17-9-3-10-18-49)50-19-11-4-12-20-50/h1-40H/b23-21+,24-22?. The van der Waals surface area contributed by atoms with Crippen LogP contribution in [0.2, 0.25) is 0 Å². The summed E-state index contributed by atoms with van der Waals surface area (Å²) >= 11 is 0. The molecule has 0 atom stereocenters. The second-order valence-corrected chi connectivity index (χ2v) is 13.1. The van der Waals surface area contributed by atoms with Gasteiger partial charge < -0.3 is 9.80 Å². The van der Waals surface area contributed by atoms with E-state index in [0.29, 0.717) is 0 Å². The lowest BCUT2D eigenvalue weighted by atomic mass is 10.0. The lowest BCUT2D eigenvalue weighted by Crippen LogP contribution is -2.09. The molecule has 8 aromatic rings. The smallest absolute Gasteiger partial charge is 0.0462 e. The van der Waals surface area contributed by atoms with Gasteiger partial charge in [-0.15, -0.1) is 0 Å². The van der Waals surface area contributed by atoms with Crippen molar-refractivity contribution in [1.29, 1.82) is 0 Å². The molecule has 0 saturated heterocycles. The van der Waals surface area contributed by atoms with Crippen LogP contribution in [0.15, 0.2) is 218 Å². The molecule has 0 aliphatic carbocycles. The van der Waals surface area contributed by atoms with Gasteiger partial charge in [-0.25, -0.2) is 0 Å². The molecule has 2 heteroatoms. The van der Waals surface area contributed by atoms with Crippen LogP contribution in [-0.4, -0.2) is 0 Å². The normalized spacial score (nSPS) is 11.2. The fraction of sp³-hybridized carbons (Fsp3) is 0. The van der Waals surface area contributed by atoms with E-state index in [9.17, 15) is 0 Å². The fourth-order valence-corrected chi connectivity index (χ4v) is 6.63. The van der Waals surface area contributed by atoms with Crippen LogP contribution in [0.1, 0.15) is 22.3 Å². The molecule has 8 aromatic carbocycles. The van der Waals surface area contributed by atoms with Crippen LogP contribution in [0.5, 0.6) is 0 Å². The minimum absolute atomic E-state index is 1.12. The largest absolute Gasteiger partial charge is 0.311 e. The maximum atomic E-state index is 2.28. The number of para-hydroxylation sites is 4. The lowest BCUT2D eigenvalue weighted by molar-refractivity contribution is 1.28. The maximum absolute atomic E-state index is 2.28. The molecule has 0 unspecified atom stereocenters. The molecule has 0 N–H and O–H groups in total. The van der Waals surface area contributed by atoms with Crippen molar-refractivity contribution in [2.24, 2.45) is 0 Å². The van der Waals surface area contributed by atoms with Crippen LogP contribution in [0.25, 0.3) is 35.4 Å². The van der Waals surface area contributed by atoms with Gasteiger partial charge in [-0.1, -0.05) is 170 Å². The van der Waals surface area contributed by atoms with Gasteiger partial charge in [-0.05, 0) is 106 Å². The third-order valence-corrected chi connectivity index (χ3v) is 9.45. The van der Waals surface area contributed by atoms with Crippen molar-refractivity contribution in [2.45, 2.75) is 0 Å². The first-order valence-corrected chi connectivity index (χ1v) is 18.3. The fourth-order valence-electron chi connectivity index (χ4n) is 6.63. The molecular weight excluding hydrogens is 653 g/mol. The average molecular weight is 693 g/mol. The minimum Gasteiger partial charge on any atom is -0.311 e. The van der Waals surface area contributed by atoms with Crippen LogP contribution < -0.4 is 9.80 Å². The molecule has 0 aliphatic rings. The van der Waals surface area contributed by atoms with Gasteiger partial charge in [-0.2, -0.15) is 0 Å². The molecule has 8 rings (SSSR count). The summed E-state index contributed by atoms with van der Waals surface area (Å²) < 4.78 is 0. The summed E-state index contributed by atoms with van der Waals surface area (Å²) in [5, 5.41) is 0. The molecular formula is C52H40N2. The number of anilines is 6. The predicted octanol–water partition coefficient (Wildman–Crippen LogP) is 14.6. The van der Waals surface area contributed by atoms with E-state index in [1.807, 2.05) is 0 Å². The van der Waals surface area contributed by atoms with Crippen molar-refractivity contribution < 1.29 is 0 Å². The van der Waals surface area contributed by atoms with Gasteiger partial charge in [0.2, 0.25) is 0 Å². The average Bonchev–Trinajstić information content (AvgIpc) is 3.25. The Bertz CT molecular complexity index is 2160. The van der Waals surface area contributed by atoms with Gasteiger partial charge in [0, 0.05) is 34.1 Å². The van der Waals surface area contributed by atoms with Crippen molar-refractivity contribution in [2.75, 3.05) is 9.80 Å². The molecule has 0 amide bonds. The molecule has 2 nitrogen and oxygen atoms in total. The lowest BCUT2D eigenvalue weighted by Gasteiger charge is -2.25. The number of nitrogens with zero attached hydrogens (tertiary/aromatic N) is 2. The van der Waals surface area contributed by atoms with Crippen LogP contribution >= 0.6 is 0 Å². The van der Waals surface area contributed by atoms with Crippen LogP contribution in [-0.2, 0) is 0 Å². The van der Waals surface area contributed by atoms with E-state index in [1.165, 1.54) is 22.3 Å². The van der Waals surface area contributed by atoms with E-state index >= 15 is 0 Å². The first kappa shape index (κ1) is 34.0. The Hall–Kier alpha value is -7.16. The molecule has 0 aromatic heterocycles. The van der Waals surface area contributed by atoms with Crippen LogP contribution in [0.3, 0.4) is 0 Å². The van der Waals surface area contributed by atoms with Gasteiger partial charge in [-0.3, -0.25) is 0 Å². The summed E-state index contributed by atoms with van der Waals surface area (Å²) in [6.07, 6.45) is 8.69. The number of benzene rings is 8. The summed E-state index contributed by atoms with van der Waals surface area (Å²) in [4.78, 5) is 4.56. The Kier molecular flexibility index (Phi) is 10.3. The van der Waals surface area contributed by atoms with E-state index in [4.69, 9.17) is 0 Å². The molecule has 0 fully saturated rings. The van der Waals surface area contributed by atoms with Crippen molar-refractivity contribution >= 4 is 58.4 Å². The monoisotopic (exact) mass is 692 g/mol. The zero-order chi connectivity index (χ0) is 36.4. The molecule has 0 spiro atoms. The zero-order valence-corrected chi connectivity index (χ0v) is 30.0. The van der Waals surface area contributed by atoms with Crippen molar-refractivity contribution in [1.82, 2.24) is 0 Å².